The van der Waals surface area contributed by atoms with Crippen molar-refractivity contribution >= 4 is 28.3 Å². The van der Waals surface area contributed by atoms with E-state index in [1.54, 1.807) is 13.3 Å². The molecule has 1 fully saturated rings. The van der Waals surface area contributed by atoms with Crippen LogP contribution >= 0.6 is 11.3 Å². The number of aromatic nitrogens is 1. The number of unbranched alkanes of at least 4 members (excludes halogenated alkanes) is 1. The number of piperidine rings is 1. The molecule has 3 rings (SSSR count). The van der Waals surface area contributed by atoms with E-state index in [4.69, 9.17) is 4.74 Å². The van der Waals surface area contributed by atoms with Crippen LogP contribution in [0.1, 0.15) is 44.2 Å². The molecule has 1 aromatic carbocycles. The molecule has 0 unspecified atom stereocenters. The number of methoxy groups -OCH3 is 1. The quantitative estimate of drug-likeness (QED) is 0.783. The number of ether oxygens (including phenoxy) is 1. The molecule has 2 aromatic rings. The smallest absolute Gasteiger partial charge is 0.231 e. The van der Waals surface area contributed by atoms with E-state index in [2.05, 4.69) is 17.2 Å². The summed E-state index contributed by atoms with van der Waals surface area (Å²) in [6.45, 7) is 2.73. The molecule has 0 spiro atoms. The summed E-state index contributed by atoms with van der Waals surface area (Å²) in [5.41, 5.74) is 0.878. The van der Waals surface area contributed by atoms with E-state index in [1.807, 2.05) is 34.5 Å². The minimum Gasteiger partial charge on any atom is -0.496 e. The second-order valence-electron chi connectivity index (χ2n) is 6.60. The van der Waals surface area contributed by atoms with E-state index < -0.39 is 0 Å². The fourth-order valence-electron chi connectivity index (χ4n) is 3.60. The first kappa shape index (κ1) is 19.4. The number of benzene rings is 1. The molecule has 2 heterocycles. The zero-order valence-corrected chi connectivity index (χ0v) is 16.5. The minimum atomic E-state index is -0.347. The van der Waals surface area contributed by atoms with Gasteiger partial charge in [-0.2, -0.15) is 0 Å². The molecule has 2 amide bonds. The van der Waals surface area contributed by atoms with Gasteiger partial charge in [0.1, 0.15) is 5.75 Å². The number of carbonyl (C=O) groups is 2. The first-order valence-electron chi connectivity index (χ1n) is 9.28. The zero-order valence-electron chi connectivity index (χ0n) is 15.7. The van der Waals surface area contributed by atoms with Crippen LogP contribution in [0.5, 0.6) is 5.75 Å². The summed E-state index contributed by atoms with van der Waals surface area (Å²) < 4.78 is 5.54. The van der Waals surface area contributed by atoms with Gasteiger partial charge in [-0.05, 0) is 18.9 Å². The molecule has 1 aromatic heterocycles. The molecule has 0 bridgehead atoms. The van der Waals surface area contributed by atoms with Crippen molar-refractivity contribution in [2.75, 3.05) is 19.0 Å². The highest BCUT2D eigenvalue weighted by atomic mass is 32.1. The van der Waals surface area contributed by atoms with E-state index in [1.165, 1.54) is 11.3 Å². The Morgan fingerprint density at radius 1 is 1.41 bits per heavy atom. The standard InChI is InChI=1S/C20H25N3O3S/c1-3-4-12-23-17(24)10-9-15(19(25)22-20-21-11-13-27-20)18(23)14-7-5-6-8-16(14)26-2/h5-8,11,13,15,18H,3-4,9-10,12H2,1-2H3,(H,21,22,25)/t15-,18+/m1/s1. The summed E-state index contributed by atoms with van der Waals surface area (Å²) in [5, 5.41) is 5.31. The highest BCUT2D eigenvalue weighted by Gasteiger charge is 2.41. The highest BCUT2D eigenvalue weighted by Crippen LogP contribution is 2.41. The lowest BCUT2D eigenvalue weighted by Crippen LogP contribution is -2.47. The van der Waals surface area contributed by atoms with Crippen molar-refractivity contribution in [3.8, 4) is 5.75 Å². The lowest BCUT2D eigenvalue weighted by molar-refractivity contribution is -0.142. The Bertz CT molecular complexity index is 779. The number of hydrogen-bond donors (Lipinski definition) is 1. The molecule has 0 saturated carbocycles. The monoisotopic (exact) mass is 387 g/mol. The van der Waals surface area contributed by atoms with Gasteiger partial charge in [-0.25, -0.2) is 4.98 Å². The van der Waals surface area contributed by atoms with E-state index >= 15 is 0 Å². The van der Waals surface area contributed by atoms with E-state index in [9.17, 15) is 9.59 Å². The van der Waals surface area contributed by atoms with Gasteiger partial charge in [0.25, 0.3) is 0 Å². The van der Waals surface area contributed by atoms with Crippen LogP contribution in [0.2, 0.25) is 0 Å². The maximum absolute atomic E-state index is 13.1. The Morgan fingerprint density at radius 2 is 2.22 bits per heavy atom. The normalized spacial score (nSPS) is 19.8. The fourth-order valence-corrected chi connectivity index (χ4v) is 4.13. The molecule has 0 radical (unpaired) electrons. The number of para-hydroxylation sites is 1. The number of rotatable bonds is 7. The summed E-state index contributed by atoms with van der Waals surface area (Å²) in [7, 11) is 1.62. The van der Waals surface area contributed by atoms with Crippen molar-refractivity contribution in [3.63, 3.8) is 0 Å². The number of nitrogens with one attached hydrogen (secondary N) is 1. The first-order valence-corrected chi connectivity index (χ1v) is 10.2. The van der Waals surface area contributed by atoms with Gasteiger partial charge in [0.15, 0.2) is 5.13 Å². The summed E-state index contributed by atoms with van der Waals surface area (Å²) in [5.74, 6) is 0.345. The minimum absolute atomic E-state index is 0.0951. The Morgan fingerprint density at radius 3 is 2.93 bits per heavy atom. The maximum atomic E-state index is 13.1. The largest absolute Gasteiger partial charge is 0.496 e. The lowest BCUT2D eigenvalue weighted by atomic mass is 9.83. The molecule has 1 N–H and O–H groups in total. The van der Waals surface area contributed by atoms with E-state index in [0.29, 0.717) is 30.3 Å². The number of likely N-dealkylation sites (tertiary alicyclic amines) is 1. The number of amides is 2. The number of thiazole rings is 1. The average Bonchev–Trinajstić information content (AvgIpc) is 3.19. The van der Waals surface area contributed by atoms with Crippen LogP contribution < -0.4 is 10.1 Å². The average molecular weight is 388 g/mol. The van der Waals surface area contributed by atoms with Gasteiger partial charge in [0.2, 0.25) is 11.8 Å². The van der Waals surface area contributed by atoms with Gasteiger partial charge in [0, 0.05) is 30.1 Å². The molecule has 144 valence electrons. The predicted molar refractivity (Wildman–Crippen MR) is 106 cm³/mol. The van der Waals surface area contributed by atoms with Crippen molar-refractivity contribution in [2.24, 2.45) is 5.92 Å². The molecule has 1 saturated heterocycles. The highest BCUT2D eigenvalue weighted by molar-refractivity contribution is 7.13. The Hall–Kier alpha value is -2.41. The van der Waals surface area contributed by atoms with Gasteiger partial charge in [-0.15, -0.1) is 11.3 Å². The van der Waals surface area contributed by atoms with Gasteiger partial charge < -0.3 is 15.0 Å². The molecule has 1 aliphatic rings. The van der Waals surface area contributed by atoms with Crippen LogP contribution in [0.15, 0.2) is 35.8 Å². The lowest BCUT2D eigenvalue weighted by Gasteiger charge is -2.41. The molecule has 2 atom stereocenters. The van der Waals surface area contributed by atoms with Crippen molar-refractivity contribution in [2.45, 2.75) is 38.6 Å². The van der Waals surface area contributed by atoms with Crippen LogP contribution in [0.4, 0.5) is 5.13 Å². The van der Waals surface area contributed by atoms with Gasteiger partial charge in [-0.1, -0.05) is 31.5 Å². The maximum Gasteiger partial charge on any atom is 0.231 e. The summed E-state index contributed by atoms with van der Waals surface area (Å²) in [6, 6.07) is 7.31. The molecular weight excluding hydrogens is 362 g/mol. The van der Waals surface area contributed by atoms with E-state index in [-0.39, 0.29) is 23.8 Å². The predicted octanol–water partition coefficient (Wildman–Crippen LogP) is 3.87. The topological polar surface area (TPSA) is 71.5 Å². The van der Waals surface area contributed by atoms with Gasteiger partial charge in [-0.3, -0.25) is 9.59 Å². The third-order valence-corrected chi connectivity index (χ3v) is 5.60. The number of nitrogens with zero attached hydrogens (tertiary/aromatic N) is 2. The fraction of sp³-hybridized carbons (Fsp3) is 0.450. The Kier molecular flexibility index (Phi) is 6.45. The first-order chi connectivity index (χ1) is 13.2. The number of hydrogen-bond acceptors (Lipinski definition) is 5. The van der Waals surface area contributed by atoms with Crippen molar-refractivity contribution in [3.05, 3.63) is 41.4 Å². The SMILES string of the molecule is CCCCN1C(=O)CC[C@@H](C(=O)Nc2nccs2)[C@@H]1c1ccccc1OC. The van der Waals surface area contributed by atoms with Crippen LogP contribution in [0.25, 0.3) is 0 Å². The summed E-state index contributed by atoms with van der Waals surface area (Å²) >= 11 is 1.39. The third kappa shape index (κ3) is 4.30. The van der Waals surface area contributed by atoms with Crippen molar-refractivity contribution in [1.29, 1.82) is 0 Å². The van der Waals surface area contributed by atoms with E-state index in [0.717, 1.165) is 18.4 Å². The van der Waals surface area contributed by atoms with Gasteiger partial charge in [0.05, 0.1) is 19.1 Å². The van der Waals surface area contributed by atoms with Gasteiger partial charge >= 0.3 is 0 Å². The molecule has 7 heteroatoms. The van der Waals surface area contributed by atoms with Crippen molar-refractivity contribution in [1.82, 2.24) is 9.88 Å². The van der Waals surface area contributed by atoms with Crippen LogP contribution in [0.3, 0.4) is 0 Å². The molecule has 27 heavy (non-hydrogen) atoms. The molecule has 1 aliphatic heterocycles. The number of anilines is 1. The molecular formula is C20H25N3O3S. The summed E-state index contributed by atoms with van der Waals surface area (Å²) in [6.07, 6.45) is 4.44. The zero-order chi connectivity index (χ0) is 19.2. The van der Waals surface area contributed by atoms with Crippen LogP contribution in [-0.2, 0) is 9.59 Å². The Labute approximate surface area is 163 Å². The third-order valence-electron chi connectivity index (χ3n) is 4.92. The van der Waals surface area contributed by atoms with Crippen molar-refractivity contribution < 1.29 is 14.3 Å². The second kappa shape index (κ2) is 8.99. The number of carbonyl (C=O) groups excluding carboxylic acids is 2. The van der Waals surface area contributed by atoms with Crippen LogP contribution in [-0.4, -0.2) is 35.4 Å². The Balaban J connectivity index is 1.96. The molecule has 0 aliphatic carbocycles. The van der Waals surface area contributed by atoms with Crippen LogP contribution in [0, 0.1) is 5.92 Å². The molecule has 6 nitrogen and oxygen atoms in total. The summed E-state index contributed by atoms with van der Waals surface area (Å²) in [4.78, 5) is 31.8. The second-order valence-corrected chi connectivity index (χ2v) is 7.49.